The van der Waals surface area contributed by atoms with E-state index in [1.807, 2.05) is 31.9 Å². The first-order chi connectivity index (χ1) is 5.40. The van der Waals surface area contributed by atoms with E-state index >= 15 is 0 Å². The van der Waals surface area contributed by atoms with Gasteiger partial charge in [0.15, 0.2) is 5.38 Å². The quantitative estimate of drug-likeness (QED) is 0.487. The van der Waals surface area contributed by atoms with Crippen LogP contribution in [0.15, 0.2) is 0 Å². The molecule has 0 amide bonds. The minimum atomic E-state index is -5.15. The van der Waals surface area contributed by atoms with Gasteiger partial charge in [-0.05, 0) is 0 Å². The maximum atomic E-state index is 11.9. The fourth-order valence-electron chi connectivity index (χ4n) is 0.349. The van der Waals surface area contributed by atoms with E-state index in [-0.39, 0.29) is 0 Å². The van der Waals surface area contributed by atoms with Gasteiger partial charge in [-0.3, -0.25) is 0 Å². The molecular formula is C4HBr2ClF6. The summed E-state index contributed by atoms with van der Waals surface area (Å²) in [5.74, 6) is 0. The first kappa shape index (κ1) is 13.8. The summed E-state index contributed by atoms with van der Waals surface area (Å²) >= 11 is 8.28. The molecule has 0 radical (unpaired) electrons. The van der Waals surface area contributed by atoms with Crippen molar-refractivity contribution in [3.05, 3.63) is 0 Å². The Morgan fingerprint density at radius 1 is 0.923 bits per heavy atom. The molecule has 0 aromatic carbocycles. The van der Waals surface area contributed by atoms with Gasteiger partial charge < -0.3 is 0 Å². The van der Waals surface area contributed by atoms with Crippen molar-refractivity contribution in [2.24, 2.45) is 0 Å². The third-order valence-electron chi connectivity index (χ3n) is 0.984. The summed E-state index contributed by atoms with van der Waals surface area (Å²) in [6, 6.07) is 0. The Kier molecular flexibility index (Phi) is 4.01. The lowest BCUT2D eigenvalue weighted by Crippen LogP contribution is -2.48. The average molecular weight is 358 g/mol. The number of halogens is 9. The average Bonchev–Trinajstić information content (AvgIpc) is 1.81. The molecule has 0 aliphatic carbocycles. The zero-order chi connectivity index (χ0) is 11.1. The van der Waals surface area contributed by atoms with Crippen LogP contribution in [0.1, 0.15) is 0 Å². The Bertz CT molecular complexity index is 184. The summed E-state index contributed by atoms with van der Waals surface area (Å²) in [6.07, 6.45) is -10.3. The number of hydrogen-bond acceptors (Lipinski definition) is 0. The van der Waals surface area contributed by atoms with Crippen molar-refractivity contribution in [1.29, 1.82) is 0 Å². The molecule has 0 spiro atoms. The van der Waals surface area contributed by atoms with Gasteiger partial charge >= 0.3 is 12.4 Å². The second kappa shape index (κ2) is 3.77. The molecule has 13 heavy (non-hydrogen) atoms. The third-order valence-corrected chi connectivity index (χ3v) is 3.90. The van der Waals surface area contributed by atoms with Gasteiger partial charge in [0.25, 0.3) is 0 Å². The normalized spacial score (nSPS) is 17.3. The predicted molar refractivity (Wildman–Crippen MR) is 42.3 cm³/mol. The van der Waals surface area contributed by atoms with Crippen molar-refractivity contribution in [2.45, 2.75) is 21.0 Å². The zero-order valence-electron chi connectivity index (χ0n) is 5.48. The summed E-state index contributed by atoms with van der Waals surface area (Å²) in [5, 5.41) is -3.10. The monoisotopic (exact) mass is 356 g/mol. The minimum absolute atomic E-state index is 1.84. The molecule has 0 aliphatic rings. The summed E-state index contributed by atoms with van der Waals surface area (Å²) in [7, 11) is 0. The Hall–Kier alpha value is 0.830. The molecule has 0 aliphatic heterocycles. The van der Waals surface area contributed by atoms with Crippen LogP contribution < -0.4 is 0 Å². The molecule has 0 aromatic rings. The minimum Gasteiger partial charge on any atom is -0.169 e. The summed E-state index contributed by atoms with van der Waals surface area (Å²) < 4.78 is 67.8. The fraction of sp³-hybridized carbons (Fsp3) is 1.00. The van der Waals surface area contributed by atoms with E-state index in [2.05, 4.69) is 11.6 Å². The Balaban J connectivity index is 4.86. The standard InChI is InChI=1S/C4HBr2ClF6/c5-2(6,4(11,12)13)1(7)3(8,9)10/h1H. The van der Waals surface area contributed by atoms with Crippen LogP contribution in [-0.2, 0) is 0 Å². The van der Waals surface area contributed by atoms with Crippen LogP contribution in [0.25, 0.3) is 0 Å². The molecule has 0 saturated carbocycles. The van der Waals surface area contributed by atoms with Crippen molar-refractivity contribution < 1.29 is 26.3 Å². The van der Waals surface area contributed by atoms with Gasteiger partial charge in [0.1, 0.15) is 0 Å². The third kappa shape index (κ3) is 3.16. The molecular weight excluding hydrogens is 357 g/mol. The molecule has 1 atom stereocenters. The molecule has 0 rings (SSSR count). The molecule has 1 unspecified atom stereocenters. The highest BCUT2D eigenvalue weighted by molar-refractivity contribution is 9.25. The molecule has 0 saturated heterocycles. The maximum absolute atomic E-state index is 11.9. The highest BCUT2D eigenvalue weighted by Gasteiger charge is 2.64. The summed E-state index contributed by atoms with van der Waals surface area (Å²) in [5.41, 5.74) is 0. The lowest BCUT2D eigenvalue weighted by molar-refractivity contribution is -0.179. The van der Waals surface area contributed by atoms with Crippen molar-refractivity contribution in [3.8, 4) is 0 Å². The molecule has 0 nitrogen and oxygen atoms in total. The van der Waals surface area contributed by atoms with E-state index in [4.69, 9.17) is 0 Å². The van der Waals surface area contributed by atoms with E-state index < -0.39 is 21.0 Å². The topological polar surface area (TPSA) is 0 Å². The summed E-state index contributed by atoms with van der Waals surface area (Å²) in [4.78, 5) is 0. The van der Waals surface area contributed by atoms with Crippen LogP contribution in [0.2, 0.25) is 0 Å². The fourth-order valence-corrected chi connectivity index (χ4v) is 0.992. The second-order valence-corrected chi connectivity index (χ2v) is 6.03. The Labute approximate surface area is 90.9 Å². The number of hydrogen-bond donors (Lipinski definition) is 0. The predicted octanol–water partition coefficient (Wildman–Crippen LogP) is 4.20. The number of rotatable bonds is 1. The largest absolute Gasteiger partial charge is 0.415 e. The SMILES string of the molecule is FC(F)(F)C(Cl)C(Br)(Br)C(F)(F)F. The van der Waals surface area contributed by atoms with Crippen molar-refractivity contribution in [2.75, 3.05) is 0 Å². The van der Waals surface area contributed by atoms with Gasteiger partial charge in [-0.1, -0.05) is 31.9 Å². The van der Waals surface area contributed by atoms with Crippen LogP contribution >= 0.6 is 43.5 Å². The lowest BCUT2D eigenvalue weighted by atomic mass is 10.3. The van der Waals surface area contributed by atoms with Gasteiger partial charge in [0, 0.05) is 0 Å². The first-order valence-corrected chi connectivity index (χ1v) is 4.58. The highest BCUT2D eigenvalue weighted by atomic mass is 79.9. The van der Waals surface area contributed by atoms with E-state index in [9.17, 15) is 26.3 Å². The molecule has 0 aromatic heterocycles. The van der Waals surface area contributed by atoms with Gasteiger partial charge in [-0.2, -0.15) is 26.3 Å². The van der Waals surface area contributed by atoms with Crippen LogP contribution in [0, 0.1) is 0 Å². The Morgan fingerprint density at radius 3 is 1.31 bits per heavy atom. The molecule has 0 heterocycles. The zero-order valence-corrected chi connectivity index (χ0v) is 9.41. The van der Waals surface area contributed by atoms with E-state index in [0.717, 1.165) is 0 Å². The van der Waals surface area contributed by atoms with Gasteiger partial charge in [-0.25, -0.2) is 0 Å². The van der Waals surface area contributed by atoms with Crippen molar-refractivity contribution >= 4 is 43.5 Å². The second-order valence-electron chi connectivity index (χ2n) is 2.02. The van der Waals surface area contributed by atoms with E-state index in [1.54, 1.807) is 0 Å². The lowest BCUT2D eigenvalue weighted by Gasteiger charge is -2.29. The van der Waals surface area contributed by atoms with Crippen LogP contribution in [0.4, 0.5) is 26.3 Å². The van der Waals surface area contributed by atoms with Gasteiger partial charge in [0.2, 0.25) is 3.23 Å². The van der Waals surface area contributed by atoms with E-state index in [0.29, 0.717) is 0 Å². The number of alkyl halides is 9. The molecule has 9 heteroatoms. The van der Waals surface area contributed by atoms with Crippen molar-refractivity contribution in [1.82, 2.24) is 0 Å². The molecule has 0 fully saturated rings. The van der Waals surface area contributed by atoms with Crippen molar-refractivity contribution in [3.63, 3.8) is 0 Å². The van der Waals surface area contributed by atoms with Gasteiger partial charge in [0.05, 0.1) is 0 Å². The van der Waals surface area contributed by atoms with Crippen LogP contribution in [-0.4, -0.2) is 21.0 Å². The van der Waals surface area contributed by atoms with Crippen LogP contribution in [0.5, 0.6) is 0 Å². The maximum Gasteiger partial charge on any atom is 0.415 e. The molecule has 80 valence electrons. The molecule has 0 N–H and O–H groups in total. The highest BCUT2D eigenvalue weighted by Crippen LogP contribution is 2.52. The molecule has 0 bridgehead atoms. The van der Waals surface area contributed by atoms with Crippen LogP contribution in [0.3, 0.4) is 0 Å². The van der Waals surface area contributed by atoms with Gasteiger partial charge in [-0.15, -0.1) is 11.6 Å². The summed E-state index contributed by atoms with van der Waals surface area (Å²) in [6.45, 7) is 0. The Morgan fingerprint density at radius 2 is 1.23 bits per heavy atom. The first-order valence-electron chi connectivity index (χ1n) is 2.56. The van der Waals surface area contributed by atoms with E-state index in [1.165, 1.54) is 0 Å². The smallest absolute Gasteiger partial charge is 0.169 e.